The van der Waals surface area contributed by atoms with Gasteiger partial charge in [-0.05, 0) is 79.5 Å². The topological polar surface area (TPSA) is 70.8 Å². The monoisotopic (exact) mass is 586 g/mol. The number of thiocarbonyl (C=S) groups is 1. The molecular formula is C32H31ClN4O3S. The first-order valence-electron chi connectivity index (χ1n) is 13.8. The Bertz CT molecular complexity index is 1570. The molecule has 0 aliphatic carbocycles. The molecule has 2 aliphatic rings. The number of esters is 1. The third kappa shape index (κ3) is 5.29. The molecule has 0 radical (unpaired) electrons. The minimum absolute atomic E-state index is 0.277. The fourth-order valence-electron chi connectivity index (χ4n) is 5.72. The average Bonchev–Trinajstić information content (AvgIpc) is 3.62. The van der Waals surface area contributed by atoms with E-state index in [0.717, 1.165) is 48.9 Å². The predicted molar refractivity (Wildman–Crippen MR) is 165 cm³/mol. The van der Waals surface area contributed by atoms with Gasteiger partial charge in [0, 0.05) is 30.5 Å². The van der Waals surface area contributed by atoms with Gasteiger partial charge in [0.25, 0.3) is 0 Å². The fourth-order valence-corrected chi connectivity index (χ4v) is 6.36. The van der Waals surface area contributed by atoms with Crippen molar-refractivity contribution in [2.24, 2.45) is 5.92 Å². The van der Waals surface area contributed by atoms with E-state index in [1.165, 1.54) is 7.11 Å². The summed E-state index contributed by atoms with van der Waals surface area (Å²) in [6, 6.07) is 22.4. The van der Waals surface area contributed by atoms with Crippen LogP contribution in [0.4, 0.5) is 11.4 Å². The molecule has 1 N–H and O–H groups in total. The maximum Gasteiger partial charge on any atom is 0.338 e. The second-order valence-electron chi connectivity index (χ2n) is 10.5. The van der Waals surface area contributed by atoms with Gasteiger partial charge in [-0.15, -0.1) is 0 Å². The first-order chi connectivity index (χ1) is 19.9. The van der Waals surface area contributed by atoms with Gasteiger partial charge in [-0.2, -0.15) is 0 Å². The lowest BCUT2D eigenvalue weighted by Gasteiger charge is -2.33. The highest BCUT2D eigenvalue weighted by Gasteiger charge is 2.43. The summed E-state index contributed by atoms with van der Waals surface area (Å²) >= 11 is 12.8. The highest BCUT2D eigenvalue weighted by atomic mass is 35.5. The van der Waals surface area contributed by atoms with Gasteiger partial charge < -0.3 is 24.3 Å². The molecule has 7 nitrogen and oxygen atoms in total. The number of ether oxygens (including phenoxy) is 1. The minimum atomic E-state index is -0.423. The maximum absolute atomic E-state index is 12.5. The maximum atomic E-state index is 12.5. The van der Waals surface area contributed by atoms with Crippen LogP contribution in [0.2, 0.25) is 5.02 Å². The molecule has 2 aromatic heterocycles. The molecule has 4 aromatic rings. The highest BCUT2D eigenvalue weighted by molar-refractivity contribution is 7.80. The van der Waals surface area contributed by atoms with Gasteiger partial charge in [-0.25, -0.2) is 4.79 Å². The number of piperidine rings is 1. The van der Waals surface area contributed by atoms with Crippen LogP contribution in [0.15, 0.2) is 83.4 Å². The van der Waals surface area contributed by atoms with Crippen molar-refractivity contribution in [3.05, 3.63) is 101 Å². The summed E-state index contributed by atoms with van der Waals surface area (Å²) in [5.41, 5.74) is 3.82. The second-order valence-corrected chi connectivity index (χ2v) is 11.3. The Balaban J connectivity index is 1.39. The fraction of sp³-hybridized carbons (Fsp3) is 0.281. The Hall–Kier alpha value is -3.88. The van der Waals surface area contributed by atoms with E-state index >= 15 is 0 Å². The molecular weight excluding hydrogens is 556 g/mol. The van der Waals surface area contributed by atoms with Crippen LogP contribution in [0.25, 0.3) is 11.3 Å². The van der Waals surface area contributed by atoms with Crippen molar-refractivity contribution in [2.45, 2.75) is 31.8 Å². The number of anilines is 2. The SMILES string of the molecule is COC(=O)c1ccccc1-c1ccc(C2C(c3ccccn3)NC(=S)N2c2ccc(N3CCC(C)CC3)c(Cl)c2)o1. The second kappa shape index (κ2) is 11.5. The van der Waals surface area contributed by atoms with E-state index in [0.29, 0.717) is 32.8 Å². The molecule has 4 heterocycles. The number of hydrogen-bond donors (Lipinski definition) is 1. The Morgan fingerprint density at radius 1 is 1.07 bits per heavy atom. The molecule has 210 valence electrons. The molecule has 0 amide bonds. The highest BCUT2D eigenvalue weighted by Crippen LogP contribution is 2.44. The predicted octanol–water partition coefficient (Wildman–Crippen LogP) is 7.20. The van der Waals surface area contributed by atoms with Crippen molar-refractivity contribution in [3.8, 4) is 11.3 Å². The number of furan rings is 1. The number of carbonyl (C=O) groups excluding carboxylic acids is 1. The summed E-state index contributed by atoms with van der Waals surface area (Å²) in [4.78, 5) is 21.5. The van der Waals surface area contributed by atoms with Gasteiger partial charge in [-0.3, -0.25) is 4.98 Å². The van der Waals surface area contributed by atoms with E-state index < -0.39 is 5.97 Å². The molecule has 9 heteroatoms. The quantitative estimate of drug-likeness (QED) is 0.188. The molecule has 2 atom stereocenters. The minimum Gasteiger partial charge on any atom is -0.465 e. The molecule has 2 unspecified atom stereocenters. The number of nitrogens with one attached hydrogen (secondary N) is 1. The van der Waals surface area contributed by atoms with E-state index in [9.17, 15) is 4.79 Å². The summed E-state index contributed by atoms with van der Waals surface area (Å²) < 4.78 is 11.5. The average molecular weight is 587 g/mol. The number of benzene rings is 2. The van der Waals surface area contributed by atoms with Gasteiger partial charge in [0.1, 0.15) is 17.6 Å². The zero-order valence-corrected chi connectivity index (χ0v) is 24.5. The summed E-state index contributed by atoms with van der Waals surface area (Å²) in [5, 5.41) is 4.70. The molecule has 2 fully saturated rings. The van der Waals surface area contributed by atoms with E-state index in [1.54, 1.807) is 18.3 Å². The van der Waals surface area contributed by atoms with Gasteiger partial charge in [-0.1, -0.05) is 42.8 Å². The number of pyridine rings is 1. The van der Waals surface area contributed by atoms with Crippen molar-refractivity contribution < 1.29 is 13.9 Å². The molecule has 0 bridgehead atoms. The molecule has 6 rings (SSSR count). The number of methoxy groups -OCH3 is 1. The number of nitrogens with zero attached hydrogens (tertiary/aromatic N) is 3. The molecule has 2 aliphatic heterocycles. The van der Waals surface area contributed by atoms with Crippen LogP contribution < -0.4 is 15.1 Å². The summed E-state index contributed by atoms with van der Waals surface area (Å²) in [7, 11) is 1.37. The van der Waals surface area contributed by atoms with Crippen LogP contribution in [0.3, 0.4) is 0 Å². The lowest BCUT2D eigenvalue weighted by Crippen LogP contribution is -2.33. The van der Waals surface area contributed by atoms with E-state index in [4.69, 9.17) is 33.0 Å². The molecule has 2 aromatic carbocycles. The van der Waals surface area contributed by atoms with Crippen molar-refractivity contribution in [1.29, 1.82) is 0 Å². The Labute approximate surface area is 250 Å². The standard InChI is InChI=1S/C32H31ClN4O3S/c1-20-14-17-36(18-15-20)26-11-10-21(19-24(26)33)37-30(29(35-32(37)41)25-9-5-6-16-34-25)28-13-12-27(40-28)22-7-3-4-8-23(22)31(38)39-2/h3-13,16,19-20,29-30H,14-15,17-18H2,1-2H3,(H,35,41). The van der Waals surface area contributed by atoms with Crippen molar-refractivity contribution in [1.82, 2.24) is 10.3 Å². The Morgan fingerprint density at radius 2 is 1.85 bits per heavy atom. The van der Waals surface area contributed by atoms with E-state index in [1.807, 2.05) is 53.4 Å². The van der Waals surface area contributed by atoms with Gasteiger partial charge in [0.15, 0.2) is 5.11 Å². The zero-order chi connectivity index (χ0) is 28.5. The summed E-state index contributed by atoms with van der Waals surface area (Å²) in [6.07, 6.45) is 4.09. The lowest BCUT2D eigenvalue weighted by atomic mass is 9.98. The normalized spacial score (nSPS) is 19.3. The van der Waals surface area contributed by atoms with Crippen molar-refractivity contribution in [2.75, 3.05) is 30.0 Å². The van der Waals surface area contributed by atoms with Crippen LogP contribution in [0, 0.1) is 5.92 Å². The number of carbonyl (C=O) groups is 1. The van der Waals surface area contributed by atoms with Crippen LogP contribution in [-0.2, 0) is 4.74 Å². The van der Waals surface area contributed by atoms with E-state index in [-0.39, 0.29) is 12.1 Å². The van der Waals surface area contributed by atoms with E-state index in [2.05, 4.69) is 34.3 Å². The molecule has 2 saturated heterocycles. The number of rotatable bonds is 6. The third-order valence-corrected chi connectivity index (χ3v) is 8.57. The Morgan fingerprint density at radius 3 is 2.59 bits per heavy atom. The molecule has 0 saturated carbocycles. The van der Waals surface area contributed by atoms with Gasteiger partial charge in [0.05, 0.1) is 35.1 Å². The first-order valence-corrected chi connectivity index (χ1v) is 14.6. The van der Waals surface area contributed by atoms with Crippen LogP contribution in [0.1, 0.15) is 53.7 Å². The molecule has 0 spiro atoms. The first kappa shape index (κ1) is 27.3. The van der Waals surface area contributed by atoms with Gasteiger partial charge >= 0.3 is 5.97 Å². The molecule has 41 heavy (non-hydrogen) atoms. The number of aromatic nitrogens is 1. The Kier molecular flexibility index (Phi) is 7.69. The van der Waals surface area contributed by atoms with Crippen molar-refractivity contribution in [3.63, 3.8) is 0 Å². The van der Waals surface area contributed by atoms with Gasteiger partial charge in [0.2, 0.25) is 0 Å². The van der Waals surface area contributed by atoms with Crippen LogP contribution in [-0.4, -0.2) is 36.3 Å². The van der Waals surface area contributed by atoms with Crippen LogP contribution >= 0.6 is 23.8 Å². The summed E-state index contributed by atoms with van der Waals surface area (Å²) in [5.74, 6) is 1.55. The number of hydrogen-bond acceptors (Lipinski definition) is 6. The lowest BCUT2D eigenvalue weighted by molar-refractivity contribution is 0.0601. The zero-order valence-electron chi connectivity index (χ0n) is 22.9. The smallest absolute Gasteiger partial charge is 0.338 e. The summed E-state index contributed by atoms with van der Waals surface area (Å²) in [6.45, 7) is 4.29. The third-order valence-electron chi connectivity index (χ3n) is 7.95. The van der Waals surface area contributed by atoms with Crippen molar-refractivity contribution >= 4 is 46.3 Å². The van der Waals surface area contributed by atoms with Crippen LogP contribution in [0.5, 0.6) is 0 Å². The number of halogens is 1. The largest absolute Gasteiger partial charge is 0.465 e.